The van der Waals surface area contributed by atoms with Crippen LogP contribution < -0.4 is 4.74 Å². The lowest BCUT2D eigenvalue weighted by molar-refractivity contribution is 0.180. The average molecular weight is 259 g/mol. The Bertz CT molecular complexity index is 457. The molecular formula is C17H25NO. The second-order valence-electron chi connectivity index (χ2n) is 6.16. The van der Waals surface area contributed by atoms with Crippen molar-refractivity contribution in [1.82, 2.24) is 4.90 Å². The van der Waals surface area contributed by atoms with Gasteiger partial charge in [0.15, 0.2) is 0 Å². The minimum absolute atomic E-state index is 0.735. The fourth-order valence-electron chi connectivity index (χ4n) is 4.19. The summed E-state index contributed by atoms with van der Waals surface area (Å²) in [5.74, 6) is 1.94. The summed E-state index contributed by atoms with van der Waals surface area (Å²) < 4.78 is 5.56. The maximum atomic E-state index is 5.56. The van der Waals surface area contributed by atoms with Gasteiger partial charge in [0, 0.05) is 12.1 Å². The lowest BCUT2D eigenvalue weighted by Gasteiger charge is -2.34. The van der Waals surface area contributed by atoms with Crippen LogP contribution in [0, 0.1) is 5.92 Å². The van der Waals surface area contributed by atoms with Gasteiger partial charge in [-0.1, -0.05) is 19.1 Å². The number of benzene rings is 1. The van der Waals surface area contributed by atoms with Crippen LogP contribution in [0.1, 0.15) is 37.8 Å². The topological polar surface area (TPSA) is 12.5 Å². The molecule has 2 heteroatoms. The van der Waals surface area contributed by atoms with Gasteiger partial charge in [-0.25, -0.2) is 0 Å². The van der Waals surface area contributed by atoms with E-state index in [1.165, 1.54) is 43.4 Å². The molecule has 1 aromatic carbocycles. The third-order valence-corrected chi connectivity index (χ3v) is 5.01. The van der Waals surface area contributed by atoms with Crippen LogP contribution in [-0.4, -0.2) is 30.6 Å². The highest BCUT2D eigenvalue weighted by Gasteiger charge is 2.41. The van der Waals surface area contributed by atoms with Crippen LogP contribution in [0.5, 0.6) is 5.75 Å². The van der Waals surface area contributed by atoms with Crippen molar-refractivity contribution < 1.29 is 4.74 Å². The number of hydrogen-bond donors (Lipinski definition) is 0. The Labute approximate surface area is 116 Å². The third kappa shape index (κ3) is 2.16. The van der Waals surface area contributed by atoms with E-state index in [0.29, 0.717) is 0 Å². The molecule has 0 spiro atoms. The lowest BCUT2D eigenvalue weighted by atomic mass is 9.80. The second kappa shape index (κ2) is 5.16. The molecule has 1 saturated heterocycles. The smallest absolute Gasteiger partial charge is 0.122 e. The quantitative estimate of drug-likeness (QED) is 0.826. The molecule has 0 aromatic heterocycles. The van der Waals surface area contributed by atoms with Crippen molar-refractivity contribution in [3.63, 3.8) is 0 Å². The third-order valence-electron chi connectivity index (χ3n) is 5.01. The molecule has 0 N–H and O–H groups in total. The van der Waals surface area contributed by atoms with E-state index in [4.69, 9.17) is 4.74 Å². The Balaban J connectivity index is 1.90. The van der Waals surface area contributed by atoms with Crippen LogP contribution in [0.3, 0.4) is 0 Å². The van der Waals surface area contributed by atoms with Gasteiger partial charge >= 0.3 is 0 Å². The van der Waals surface area contributed by atoms with Crippen molar-refractivity contribution in [3.8, 4) is 5.75 Å². The molecule has 3 rings (SSSR count). The Hall–Kier alpha value is -1.02. The summed E-state index contributed by atoms with van der Waals surface area (Å²) in [5, 5.41) is 0. The summed E-state index contributed by atoms with van der Waals surface area (Å²) in [6.45, 7) is 5.93. The highest BCUT2D eigenvalue weighted by molar-refractivity contribution is 5.43. The highest BCUT2D eigenvalue weighted by Crippen LogP contribution is 2.41. The number of fused-ring (bicyclic) bond motifs is 2. The number of ether oxygens (including phenoxy) is 1. The van der Waals surface area contributed by atoms with Gasteiger partial charge in [0.1, 0.15) is 5.75 Å². The standard InChI is InChI=1S/C17H25NO/c1-4-8-18-12(2)9-14-10-13-6-5-7-17(19-3)15(13)11-16(14)18/h5-7,12,14,16H,4,8-11H2,1-3H3/t12-,14+,16-/m1/s1. The number of nitrogens with zero attached hydrogens (tertiary/aromatic N) is 1. The van der Waals surface area contributed by atoms with E-state index >= 15 is 0 Å². The molecule has 2 aliphatic rings. The maximum absolute atomic E-state index is 5.56. The van der Waals surface area contributed by atoms with Crippen molar-refractivity contribution in [2.24, 2.45) is 5.92 Å². The molecule has 104 valence electrons. The van der Waals surface area contributed by atoms with Crippen molar-refractivity contribution >= 4 is 0 Å². The number of likely N-dealkylation sites (tertiary alicyclic amines) is 1. The second-order valence-corrected chi connectivity index (χ2v) is 6.16. The monoisotopic (exact) mass is 259 g/mol. The summed E-state index contributed by atoms with van der Waals surface area (Å²) in [7, 11) is 1.79. The first-order valence-corrected chi connectivity index (χ1v) is 7.65. The zero-order valence-electron chi connectivity index (χ0n) is 12.4. The van der Waals surface area contributed by atoms with Gasteiger partial charge in [-0.15, -0.1) is 0 Å². The average Bonchev–Trinajstić information content (AvgIpc) is 2.72. The van der Waals surface area contributed by atoms with Crippen LogP contribution in [0.4, 0.5) is 0 Å². The van der Waals surface area contributed by atoms with Crippen molar-refractivity contribution in [2.75, 3.05) is 13.7 Å². The van der Waals surface area contributed by atoms with Crippen LogP contribution in [-0.2, 0) is 12.8 Å². The normalized spacial score (nSPS) is 29.9. The van der Waals surface area contributed by atoms with Gasteiger partial charge in [-0.3, -0.25) is 4.90 Å². The van der Waals surface area contributed by atoms with Gasteiger partial charge in [0.05, 0.1) is 7.11 Å². The number of rotatable bonds is 3. The molecule has 1 heterocycles. The van der Waals surface area contributed by atoms with Crippen LogP contribution in [0.15, 0.2) is 18.2 Å². The summed E-state index contributed by atoms with van der Waals surface area (Å²) in [6, 6.07) is 8.03. The molecule has 0 unspecified atom stereocenters. The summed E-state index contributed by atoms with van der Waals surface area (Å²) in [6.07, 6.45) is 5.03. The molecule has 0 saturated carbocycles. The number of hydrogen-bond acceptors (Lipinski definition) is 2. The van der Waals surface area contributed by atoms with E-state index in [0.717, 1.165) is 23.8 Å². The Morgan fingerprint density at radius 1 is 1.32 bits per heavy atom. The predicted octanol–water partition coefficient (Wildman–Crippen LogP) is 3.28. The minimum Gasteiger partial charge on any atom is -0.496 e. The Kier molecular flexibility index (Phi) is 3.53. The molecule has 0 bridgehead atoms. The van der Waals surface area contributed by atoms with E-state index < -0.39 is 0 Å². The van der Waals surface area contributed by atoms with Crippen molar-refractivity contribution in [2.45, 2.75) is 51.6 Å². The first kappa shape index (κ1) is 13.0. The molecule has 0 radical (unpaired) electrons. The van der Waals surface area contributed by atoms with Gasteiger partial charge in [-0.2, -0.15) is 0 Å². The van der Waals surface area contributed by atoms with Crippen LogP contribution in [0.25, 0.3) is 0 Å². The van der Waals surface area contributed by atoms with E-state index in [2.05, 4.69) is 36.9 Å². The SMILES string of the molecule is CCCN1[C@H](C)C[C@H]2Cc3cccc(OC)c3C[C@H]21. The van der Waals surface area contributed by atoms with Gasteiger partial charge in [-0.05, 0) is 62.3 Å². The van der Waals surface area contributed by atoms with E-state index in [9.17, 15) is 0 Å². The van der Waals surface area contributed by atoms with E-state index in [1.807, 2.05) is 0 Å². The zero-order valence-corrected chi connectivity index (χ0v) is 12.4. The lowest BCUT2D eigenvalue weighted by Crippen LogP contribution is -2.40. The Morgan fingerprint density at radius 2 is 2.16 bits per heavy atom. The van der Waals surface area contributed by atoms with Crippen LogP contribution in [0.2, 0.25) is 0 Å². The molecule has 0 amide bonds. The molecule has 19 heavy (non-hydrogen) atoms. The fraction of sp³-hybridized carbons (Fsp3) is 0.647. The molecule has 1 fully saturated rings. The first-order valence-electron chi connectivity index (χ1n) is 7.65. The molecular weight excluding hydrogens is 234 g/mol. The Morgan fingerprint density at radius 3 is 2.89 bits per heavy atom. The summed E-state index contributed by atoms with van der Waals surface area (Å²) in [5.41, 5.74) is 2.98. The molecule has 1 aliphatic heterocycles. The highest BCUT2D eigenvalue weighted by atomic mass is 16.5. The fourth-order valence-corrected chi connectivity index (χ4v) is 4.19. The summed E-state index contributed by atoms with van der Waals surface area (Å²) in [4.78, 5) is 2.74. The molecule has 3 atom stereocenters. The van der Waals surface area contributed by atoms with E-state index in [-0.39, 0.29) is 0 Å². The van der Waals surface area contributed by atoms with Gasteiger partial charge in [0.2, 0.25) is 0 Å². The maximum Gasteiger partial charge on any atom is 0.122 e. The summed E-state index contributed by atoms with van der Waals surface area (Å²) >= 11 is 0. The number of methoxy groups -OCH3 is 1. The largest absolute Gasteiger partial charge is 0.496 e. The van der Waals surface area contributed by atoms with Gasteiger partial charge in [0.25, 0.3) is 0 Å². The zero-order chi connectivity index (χ0) is 13.4. The van der Waals surface area contributed by atoms with E-state index in [1.54, 1.807) is 7.11 Å². The first-order chi connectivity index (χ1) is 9.24. The molecule has 1 aliphatic carbocycles. The minimum atomic E-state index is 0.735. The predicted molar refractivity (Wildman–Crippen MR) is 78.8 cm³/mol. The molecule has 2 nitrogen and oxygen atoms in total. The van der Waals surface area contributed by atoms with Crippen molar-refractivity contribution in [1.29, 1.82) is 0 Å². The molecule has 1 aromatic rings. The van der Waals surface area contributed by atoms with Gasteiger partial charge < -0.3 is 4.74 Å². The van der Waals surface area contributed by atoms with Crippen molar-refractivity contribution in [3.05, 3.63) is 29.3 Å². The van der Waals surface area contributed by atoms with Crippen LogP contribution >= 0.6 is 0 Å².